The smallest absolute Gasteiger partial charge is 0.206 e. The van der Waals surface area contributed by atoms with Gasteiger partial charge in [-0.2, -0.15) is 0 Å². The van der Waals surface area contributed by atoms with Crippen LogP contribution in [0.4, 0.5) is 0 Å². The summed E-state index contributed by atoms with van der Waals surface area (Å²) in [4.78, 5) is 3.23. The van der Waals surface area contributed by atoms with E-state index in [2.05, 4.69) is 90.0 Å². The van der Waals surface area contributed by atoms with Crippen molar-refractivity contribution in [2.24, 2.45) is 5.92 Å². The zero-order valence-corrected chi connectivity index (χ0v) is 18.2. The Bertz CT molecular complexity index is 845. The average molecular weight is 407 g/mol. The zero-order chi connectivity index (χ0) is 20.8. The van der Waals surface area contributed by atoms with E-state index in [0.29, 0.717) is 12.0 Å². The van der Waals surface area contributed by atoms with E-state index >= 15 is 0 Å². The highest BCUT2D eigenvalue weighted by Gasteiger charge is 2.32. The summed E-state index contributed by atoms with van der Waals surface area (Å²) in [5, 5.41) is 12.5. The minimum atomic E-state index is 0.394. The van der Waals surface area contributed by atoms with Crippen molar-refractivity contribution in [1.29, 1.82) is 0 Å². The highest BCUT2D eigenvalue weighted by Crippen LogP contribution is 2.18. The molecule has 2 N–H and O–H groups in total. The molecule has 158 valence electrons. The quantitative estimate of drug-likeness (QED) is 0.582. The first kappa shape index (κ1) is 20.7. The number of piperazine rings is 1. The zero-order valence-electron chi connectivity index (χ0n) is 18.2. The third-order valence-electron chi connectivity index (χ3n) is 6.21. The molecule has 0 amide bonds. The Labute approximate surface area is 179 Å². The number of hydrogen-bond acceptors (Lipinski definition) is 3. The number of nitrogens with zero attached hydrogens (tertiary/aromatic N) is 4. The summed E-state index contributed by atoms with van der Waals surface area (Å²) in [6.07, 6.45) is 1.11. The number of benzene rings is 2. The first-order chi connectivity index (χ1) is 14.7. The summed E-state index contributed by atoms with van der Waals surface area (Å²) in [5.74, 6) is 1.69. The number of tetrazole rings is 1. The minimum Gasteiger partial charge on any atom is -0.319 e. The molecular weight excluding hydrogens is 372 g/mol. The molecule has 0 radical (unpaired) electrons. The second kappa shape index (κ2) is 9.96. The van der Waals surface area contributed by atoms with E-state index in [-0.39, 0.29) is 0 Å². The van der Waals surface area contributed by atoms with Crippen molar-refractivity contribution in [3.63, 3.8) is 0 Å². The van der Waals surface area contributed by atoms with Crippen LogP contribution in [0.25, 0.3) is 0 Å². The maximum absolute atomic E-state index is 4.31. The molecule has 1 aliphatic heterocycles. The number of rotatable bonds is 8. The van der Waals surface area contributed by atoms with Crippen LogP contribution in [0, 0.1) is 5.92 Å². The lowest BCUT2D eigenvalue weighted by Crippen LogP contribution is -3.27. The predicted octanol–water partition coefficient (Wildman–Crippen LogP) is 0.792. The fourth-order valence-corrected chi connectivity index (χ4v) is 4.47. The molecule has 3 aromatic rings. The first-order valence-electron chi connectivity index (χ1n) is 11.2. The van der Waals surface area contributed by atoms with Crippen molar-refractivity contribution in [1.82, 2.24) is 20.2 Å². The van der Waals surface area contributed by atoms with Gasteiger partial charge in [-0.3, -0.25) is 0 Å². The van der Waals surface area contributed by atoms with Crippen LogP contribution >= 0.6 is 0 Å². The van der Waals surface area contributed by atoms with Gasteiger partial charge in [-0.25, -0.2) is 4.68 Å². The summed E-state index contributed by atoms with van der Waals surface area (Å²) in [5.41, 5.74) is 2.81. The average Bonchev–Trinajstić information content (AvgIpc) is 3.22. The van der Waals surface area contributed by atoms with E-state index in [4.69, 9.17) is 0 Å². The molecule has 0 atom stereocenters. The molecule has 1 aromatic heterocycles. The Kier molecular flexibility index (Phi) is 6.87. The first-order valence-corrected chi connectivity index (χ1v) is 11.2. The van der Waals surface area contributed by atoms with Crippen molar-refractivity contribution >= 4 is 0 Å². The Balaban J connectivity index is 1.41. The molecule has 6 nitrogen and oxygen atoms in total. The van der Waals surface area contributed by atoms with Gasteiger partial charge in [-0.1, -0.05) is 74.5 Å². The third kappa shape index (κ3) is 5.12. The number of nitrogens with one attached hydrogen (secondary N) is 2. The normalized spacial score (nSPS) is 19.5. The largest absolute Gasteiger partial charge is 0.319 e. The van der Waals surface area contributed by atoms with E-state index in [9.17, 15) is 0 Å². The Morgan fingerprint density at radius 1 is 0.867 bits per heavy atom. The van der Waals surface area contributed by atoms with Gasteiger partial charge < -0.3 is 9.80 Å². The van der Waals surface area contributed by atoms with E-state index in [1.807, 2.05) is 4.68 Å². The van der Waals surface area contributed by atoms with Crippen LogP contribution in [-0.4, -0.2) is 46.4 Å². The van der Waals surface area contributed by atoms with Crippen molar-refractivity contribution < 1.29 is 9.80 Å². The Hall–Kier alpha value is -2.57. The predicted molar refractivity (Wildman–Crippen MR) is 117 cm³/mol. The summed E-state index contributed by atoms with van der Waals surface area (Å²) >= 11 is 0. The van der Waals surface area contributed by atoms with Crippen molar-refractivity contribution in [2.45, 2.75) is 39.4 Å². The molecular formula is C24H34N6+2. The number of aryl methyl sites for hydroxylation is 1. The van der Waals surface area contributed by atoms with Crippen molar-refractivity contribution in [3.05, 3.63) is 77.6 Å². The second-order valence-corrected chi connectivity index (χ2v) is 8.84. The minimum absolute atomic E-state index is 0.394. The van der Waals surface area contributed by atoms with Gasteiger partial charge in [0, 0.05) is 17.7 Å². The van der Waals surface area contributed by atoms with Crippen LogP contribution in [0.1, 0.15) is 43.3 Å². The van der Waals surface area contributed by atoms with Gasteiger partial charge in [0.2, 0.25) is 5.82 Å². The highest BCUT2D eigenvalue weighted by atomic mass is 15.5. The molecule has 0 saturated carbocycles. The van der Waals surface area contributed by atoms with Gasteiger partial charge >= 0.3 is 0 Å². The van der Waals surface area contributed by atoms with Crippen LogP contribution in [0.5, 0.6) is 0 Å². The highest BCUT2D eigenvalue weighted by molar-refractivity contribution is 5.29. The van der Waals surface area contributed by atoms with Gasteiger partial charge in [0.15, 0.2) is 0 Å². The molecule has 2 heterocycles. The van der Waals surface area contributed by atoms with Gasteiger partial charge in [-0.15, -0.1) is 5.10 Å². The fraction of sp³-hybridized carbons (Fsp3) is 0.458. The standard InChI is InChI=1S/C24H32N6/c1-20(2)13-14-30-23(25-26-27-30)19-28-15-17-29(18-16-28)24(21-9-5-3-6-10-21)22-11-7-4-8-12-22/h3-12,20,24H,13-19H2,1-2H3/p+2. The van der Waals surface area contributed by atoms with E-state index < -0.39 is 0 Å². The molecule has 30 heavy (non-hydrogen) atoms. The lowest BCUT2D eigenvalue weighted by atomic mass is 9.96. The van der Waals surface area contributed by atoms with Gasteiger partial charge in [-0.05, 0) is 22.8 Å². The maximum atomic E-state index is 4.31. The lowest BCUT2D eigenvalue weighted by Gasteiger charge is -2.35. The lowest BCUT2D eigenvalue weighted by molar-refractivity contribution is -1.03. The number of quaternary nitrogens is 2. The van der Waals surface area contributed by atoms with Crippen LogP contribution in [-0.2, 0) is 13.1 Å². The molecule has 1 fully saturated rings. The Morgan fingerprint density at radius 3 is 2.03 bits per heavy atom. The molecule has 0 bridgehead atoms. The topological polar surface area (TPSA) is 52.5 Å². The third-order valence-corrected chi connectivity index (χ3v) is 6.21. The fourth-order valence-electron chi connectivity index (χ4n) is 4.47. The van der Waals surface area contributed by atoms with E-state index in [1.165, 1.54) is 11.1 Å². The SMILES string of the molecule is CC(C)CCn1nnnc1C[NH+]1CC[NH+](C(c2ccccc2)c2ccccc2)CC1. The van der Waals surface area contributed by atoms with Crippen LogP contribution < -0.4 is 9.80 Å². The van der Waals surface area contributed by atoms with Crippen molar-refractivity contribution in [3.8, 4) is 0 Å². The molecule has 1 aliphatic rings. The van der Waals surface area contributed by atoms with Crippen LogP contribution in [0.15, 0.2) is 60.7 Å². The molecule has 0 unspecified atom stereocenters. The van der Waals surface area contributed by atoms with Gasteiger partial charge in [0.1, 0.15) is 38.8 Å². The van der Waals surface area contributed by atoms with Crippen LogP contribution in [0.3, 0.4) is 0 Å². The van der Waals surface area contributed by atoms with Crippen LogP contribution in [0.2, 0.25) is 0 Å². The van der Waals surface area contributed by atoms with Gasteiger partial charge in [0.05, 0.1) is 0 Å². The Morgan fingerprint density at radius 2 is 1.47 bits per heavy atom. The van der Waals surface area contributed by atoms with Gasteiger partial charge in [0.25, 0.3) is 0 Å². The maximum Gasteiger partial charge on any atom is 0.206 e. The number of hydrogen-bond donors (Lipinski definition) is 2. The monoisotopic (exact) mass is 406 g/mol. The summed E-state index contributed by atoms with van der Waals surface area (Å²) in [7, 11) is 0. The van der Waals surface area contributed by atoms with Crippen molar-refractivity contribution in [2.75, 3.05) is 26.2 Å². The summed E-state index contributed by atoms with van der Waals surface area (Å²) in [6.45, 7) is 10.9. The second-order valence-electron chi connectivity index (χ2n) is 8.84. The summed E-state index contributed by atoms with van der Waals surface area (Å²) < 4.78 is 2.00. The molecule has 0 aliphatic carbocycles. The molecule has 1 saturated heterocycles. The molecule has 2 aromatic carbocycles. The molecule has 4 rings (SSSR count). The van der Waals surface area contributed by atoms with E-state index in [1.54, 1.807) is 9.80 Å². The summed E-state index contributed by atoms with van der Waals surface area (Å²) in [6, 6.07) is 22.3. The molecule has 6 heteroatoms. The molecule has 0 spiro atoms. The number of aromatic nitrogens is 4. The van der Waals surface area contributed by atoms with E-state index in [0.717, 1.165) is 51.5 Å².